The van der Waals surface area contributed by atoms with Gasteiger partial charge in [0.1, 0.15) is 5.02 Å². The van der Waals surface area contributed by atoms with E-state index >= 15 is 0 Å². The first-order valence-corrected chi connectivity index (χ1v) is 7.27. The molecule has 0 saturated heterocycles. The first kappa shape index (κ1) is 16.2. The van der Waals surface area contributed by atoms with Gasteiger partial charge < -0.3 is 4.74 Å². The van der Waals surface area contributed by atoms with Gasteiger partial charge in [0.15, 0.2) is 5.75 Å². The van der Waals surface area contributed by atoms with Crippen molar-refractivity contribution in [2.75, 3.05) is 0 Å². The summed E-state index contributed by atoms with van der Waals surface area (Å²) >= 11 is 23.5. The molecular formula is C15H8Cl4O2. The Balaban J connectivity index is 2.11. The molecule has 0 aliphatic carbocycles. The minimum atomic E-state index is -0.592. The van der Waals surface area contributed by atoms with Crippen molar-refractivity contribution < 1.29 is 9.53 Å². The average Bonchev–Trinajstić information content (AvgIpc) is 2.43. The molecule has 6 heteroatoms. The van der Waals surface area contributed by atoms with Gasteiger partial charge in [-0.05, 0) is 35.9 Å². The molecule has 0 amide bonds. The quantitative estimate of drug-likeness (QED) is 0.385. The molecule has 0 heterocycles. The van der Waals surface area contributed by atoms with Crippen molar-refractivity contribution in [1.82, 2.24) is 0 Å². The summed E-state index contributed by atoms with van der Waals surface area (Å²) in [4.78, 5) is 11.7. The minimum absolute atomic E-state index is 0.186. The van der Waals surface area contributed by atoms with Crippen LogP contribution in [0.2, 0.25) is 20.1 Å². The van der Waals surface area contributed by atoms with Crippen molar-refractivity contribution in [3.8, 4) is 5.75 Å². The Labute approximate surface area is 141 Å². The van der Waals surface area contributed by atoms with E-state index in [9.17, 15) is 4.79 Å². The van der Waals surface area contributed by atoms with Crippen molar-refractivity contribution in [2.45, 2.75) is 0 Å². The van der Waals surface area contributed by atoms with Crippen molar-refractivity contribution in [1.29, 1.82) is 0 Å². The van der Waals surface area contributed by atoms with Crippen LogP contribution in [0.3, 0.4) is 0 Å². The molecule has 0 aliphatic rings. The molecule has 0 aliphatic heterocycles. The Bertz CT molecular complexity index is 711. The third kappa shape index (κ3) is 4.39. The van der Waals surface area contributed by atoms with Crippen LogP contribution in [0.15, 0.2) is 42.5 Å². The van der Waals surface area contributed by atoms with E-state index in [-0.39, 0.29) is 10.8 Å². The van der Waals surface area contributed by atoms with Crippen LogP contribution in [0.25, 0.3) is 6.08 Å². The lowest BCUT2D eigenvalue weighted by molar-refractivity contribution is -0.128. The summed E-state index contributed by atoms with van der Waals surface area (Å²) in [5, 5.41) is 1.45. The van der Waals surface area contributed by atoms with Crippen LogP contribution in [0.5, 0.6) is 5.75 Å². The summed E-state index contributed by atoms with van der Waals surface area (Å²) in [5.74, 6) is -0.397. The van der Waals surface area contributed by atoms with Crippen LogP contribution >= 0.6 is 46.4 Å². The second-order valence-electron chi connectivity index (χ2n) is 3.97. The lowest BCUT2D eigenvalue weighted by Crippen LogP contribution is -2.04. The second-order valence-corrected chi connectivity index (χ2v) is 5.60. The van der Waals surface area contributed by atoms with Gasteiger partial charge in [0.25, 0.3) is 0 Å². The van der Waals surface area contributed by atoms with Crippen LogP contribution in [0, 0.1) is 0 Å². The summed E-state index contributed by atoms with van der Waals surface area (Å²) in [6.45, 7) is 0. The number of hydrogen-bond acceptors (Lipinski definition) is 2. The number of rotatable bonds is 3. The van der Waals surface area contributed by atoms with E-state index in [0.29, 0.717) is 20.6 Å². The molecule has 2 nitrogen and oxygen atoms in total. The summed E-state index contributed by atoms with van der Waals surface area (Å²) in [7, 11) is 0. The predicted molar refractivity (Wildman–Crippen MR) is 87.6 cm³/mol. The van der Waals surface area contributed by atoms with E-state index in [0.717, 1.165) is 0 Å². The minimum Gasteiger partial charge on any atom is -0.422 e. The van der Waals surface area contributed by atoms with Crippen LogP contribution in [0.4, 0.5) is 0 Å². The maximum absolute atomic E-state index is 11.7. The van der Waals surface area contributed by atoms with Crippen molar-refractivity contribution >= 4 is 58.4 Å². The van der Waals surface area contributed by atoms with E-state index in [4.69, 9.17) is 51.1 Å². The SMILES string of the molecule is O=C(/C=C/c1ccc(Cl)cc1Cl)Oc1cccc(Cl)c1Cl. The molecule has 2 aromatic rings. The van der Waals surface area contributed by atoms with Gasteiger partial charge in [-0.3, -0.25) is 0 Å². The number of carbonyl (C=O) groups excluding carboxylic acids is 1. The molecule has 108 valence electrons. The Hall–Kier alpha value is -1.19. The van der Waals surface area contributed by atoms with E-state index in [2.05, 4.69) is 0 Å². The lowest BCUT2D eigenvalue weighted by Gasteiger charge is -2.04. The van der Waals surface area contributed by atoms with Crippen LogP contribution in [-0.2, 0) is 4.79 Å². The molecule has 0 atom stereocenters. The van der Waals surface area contributed by atoms with E-state index in [1.54, 1.807) is 36.4 Å². The van der Waals surface area contributed by atoms with Crippen molar-refractivity contribution in [2.24, 2.45) is 0 Å². The van der Waals surface area contributed by atoms with Gasteiger partial charge in [-0.25, -0.2) is 4.79 Å². The Kier molecular flexibility index (Phi) is 5.54. The summed E-state index contributed by atoms with van der Waals surface area (Å²) in [5.41, 5.74) is 0.648. The van der Waals surface area contributed by atoms with Gasteiger partial charge >= 0.3 is 5.97 Å². The number of benzene rings is 2. The largest absolute Gasteiger partial charge is 0.422 e. The van der Waals surface area contributed by atoms with Gasteiger partial charge in [0.05, 0.1) is 5.02 Å². The van der Waals surface area contributed by atoms with E-state index in [1.807, 2.05) is 0 Å². The lowest BCUT2D eigenvalue weighted by atomic mass is 10.2. The highest BCUT2D eigenvalue weighted by atomic mass is 35.5. The van der Waals surface area contributed by atoms with Crippen LogP contribution < -0.4 is 4.74 Å². The summed E-state index contributed by atoms with van der Waals surface area (Å²) < 4.78 is 5.10. The number of ether oxygens (including phenoxy) is 1. The summed E-state index contributed by atoms with van der Waals surface area (Å²) in [6, 6.07) is 9.74. The average molecular weight is 362 g/mol. The van der Waals surface area contributed by atoms with Crippen LogP contribution in [-0.4, -0.2) is 5.97 Å². The Morgan fingerprint density at radius 3 is 2.48 bits per heavy atom. The molecule has 0 unspecified atom stereocenters. The molecule has 0 aromatic heterocycles. The zero-order chi connectivity index (χ0) is 15.4. The molecule has 2 rings (SSSR count). The molecule has 0 bridgehead atoms. The molecule has 2 aromatic carbocycles. The van der Waals surface area contributed by atoms with Gasteiger partial charge in [-0.15, -0.1) is 0 Å². The number of carbonyl (C=O) groups is 1. The molecule has 0 fully saturated rings. The fraction of sp³-hybridized carbons (Fsp3) is 0. The normalized spacial score (nSPS) is 10.9. The molecule has 0 spiro atoms. The molecule has 0 N–H and O–H groups in total. The number of esters is 1. The zero-order valence-electron chi connectivity index (χ0n) is 10.4. The second kappa shape index (κ2) is 7.19. The molecule has 21 heavy (non-hydrogen) atoms. The van der Waals surface area contributed by atoms with Gasteiger partial charge in [-0.1, -0.05) is 58.5 Å². The van der Waals surface area contributed by atoms with Gasteiger partial charge in [0, 0.05) is 16.1 Å². The zero-order valence-corrected chi connectivity index (χ0v) is 13.5. The highest BCUT2D eigenvalue weighted by Crippen LogP contribution is 2.31. The van der Waals surface area contributed by atoms with Crippen molar-refractivity contribution in [3.63, 3.8) is 0 Å². The highest BCUT2D eigenvalue weighted by Gasteiger charge is 2.08. The fourth-order valence-electron chi connectivity index (χ4n) is 1.50. The first-order chi connectivity index (χ1) is 9.97. The third-order valence-corrected chi connectivity index (χ3v) is 3.85. The topological polar surface area (TPSA) is 26.3 Å². The summed E-state index contributed by atoms with van der Waals surface area (Å²) in [6.07, 6.45) is 2.77. The van der Waals surface area contributed by atoms with Gasteiger partial charge in [0.2, 0.25) is 0 Å². The Morgan fingerprint density at radius 1 is 1.00 bits per heavy atom. The monoisotopic (exact) mass is 360 g/mol. The molecular weight excluding hydrogens is 354 g/mol. The van der Waals surface area contributed by atoms with E-state index in [1.165, 1.54) is 12.2 Å². The predicted octanol–water partition coefficient (Wildman–Crippen LogP) is 5.92. The smallest absolute Gasteiger partial charge is 0.336 e. The molecule has 0 saturated carbocycles. The van der Waals surface area contributed by atoms with Crippen LogP contribution in [0.1, 0.15) is 5.56 Å². The van der Waals surface area contributed by atoms with Gasteiger partial charge in [-0.2, -0.15) is 0 Å². The number of halogens is 4. The maximum atomic E-state index is 11.7. The number of hydrogen-bond donors (Lipinski definition) is 0. The fourth-order valence-corrected chi connectivity index (χ4v) is 2.30. The molecule has 0 radical (unpaired) electrons. The Morgan fingerprint density at radius 2 is 1.76 bits per heavy atom. The maximum Gasteiger partial charge on any atom is 0.336 e. The highest BCUT2D eigenvalue weighted by molar-refractivity contribution is 6.43. The first-order valence-electron chi connectivity index (χ1n) is 5.76. The third-order valence-electron chi connectivity index (χ3n) is 2.49. The van der Waals surface area contributed by atoms with E-state index < -0.39 is 5.97 Å². The van der Waals surface area contributed by atoms with Crippen molar-refractivity contribution in [3.05, 3.63) is 68.1 Å². The standard InChI is InChI=1S/C15H8Cl4O2/c16-10-6-4-9(12(18)8-10)5-7-14(20)21-13-3-1-2-11(17)15(13)19/h1-8H/b7-5+.